The SMILES string of the molecule is CCNC(=O)CCNC(C)CC(C)CC. The van der Waals surface area contributed by atoms with Gasteiger partial charge < -0.3 is 10.6 Å². The Hall–Kier alpha value is -0.570. The van der Waals surface area contributed by atoms with Crippen LogP contribution in [0, 0.1) is 5.92 Å². The zero-order chi connectivity index (χ0) is 11.7. The van der Waals surface area contributed by atoms with Crippen LogP contribution in [0.25, 0.3) is 0 Å². The Morgan fingerprint density at radius 3 is 2.47 bits per heavy atom. The molecule has 0 aliphatic rings. The van der Waals surface area contributed by atoms with Crippen molar-refractivity contribution in [3.63, 3.8) is 0 Å². The second kappa shape index (κ2) is 8.72. The molecule has 0 aliphatic heterocycles. The van der Waals surface area contributed by atoms with E-state index in [0.717, 1.165) is 19.0 Å². The molecule has 0 aromatic heterocycles. The molecule has 0 heterocycles. The average Bonchev–Trinajstić information content (AvgIpc) is 2.18. The summed E-state index contributed by atoms with van der Waals surface area (Å²) in [5.74, 6) is 0.901. The number of hydrogen-bond acceptors (Lipinski definition) is 2. The molecule has 0 rings (SSSR count). The molecule has 0 aromatic carbocycles. The standard InChI is InChI=1S/C12H26N2O/c1-5-10(3)9-11(4)14-8-7-12(15)13-6-2/h10-11,14H,5-9H2,1-4H3,(H,13,15). The van der Waals surface area contributed by atoms with E-state index in [1.807, 2.05) is 6.92 Å². The lowest BCUT2D eigenvalue weighted by Crippen LogP contribution is -2.32. The Balaban J connectivity index is 3.46. The maximum absolute atomic E-state index is 11.2. The maximum atomic E-state index is 11.2. The first-order valence-electron chi connectivity index (χ1n) is 6.10. The Morgan fingerprint density at radius 1 is 1.27 bits per heavy atom. The molecule has 3 heteroatoms. The van der Waals surface area contributed by atoms with Crippen LogP contribution in [0.4, 0.5) is 0 Å². The highest BCUT2D eigenvalue weighted by molar-refractivity contribution is 5.75. The minimum absolute atomic E-state index is 0.140. The molecule has 0 saturated heterocycles. The van der Waals surface area contributed by atoms with E-state index in [-0.39, 0.29) is 5.91 Å². The summed E-state index contributed by atoms with van der Waals surface area (Å²) in [6, 6.07) is 0.509. The van der Waals surface area contributed by atoms with E-state index in [0.29, 0.717) is 12.5 Å². The van der Waals surface area contributed by atoms with Gasteiger partial charge in [0.05, 0.1) is 0 Å². The highest BCUT2D eigenvalue weighted by atomic mass is 16.1. The van der Waals surface area contributed by atoms with Crippen LogP contribution in [0.1, 0.15) is 47.0 Å². The Kier molecular flexibility index (Phi) is 8.38. The molecule has 0 saturated carbocycles. The molecule has 1 amide bonds. The summed E-state index contributed by atoms with van der Waals surface area (Å²) in [5, 5.41) is 6.17. The van der Waals surface area contributed by atoms with E-state index < -0.39 is 0 Å². The summed E-state index contributed by atoms with van der Waals surface area (Å²) in [6.07, 6.45) is 2.99. The van der Waals surface area contributed by atoms with Crippen molar-refractivity contribution in [3.05, 3.63) is 0 Å². The lowest BCUT2D eigenvalue weighted by molar-refractivity contribution is -0.120. The fourth-order valence-corrected chi connectivity index (χ4v) is 1.57. The lowest BCUT2D eigenvalue weighted by atomic mass is 10.0. The zero-order valence-corrected chi connectivity index (χ0v) is 10.6. The minimum atomic E-state index is 0.140. The van der Waals surface area contributed by atoms with Crippen molar-refractivity contribution in [1.82, 2.24) is 10.6 Å². The summed E-state index contributed by atoms with van der Waals surface area (Å²) < 4.78 is 0. The molecular formula is C12H26N2O. The zero-order valence-electron chi connectivity index (χ0n) is 10.6. The first-order valence-corrected chi connectivity index (χ1v) is 6.10. The van der Waals surface area contributed by atoms with E-state index >= 15 is 0 Å². The molecule has 0 radical (unpaired) electrons. The van der Waals surface area contributed by atoms with Crippen molar-refractivity contribution in [2.75, 3.05) is 13.1 Å². The van der Waals surface area contributed by atoms with Gasteiger partial charge in [-0.2, -0.15) is 0 Å². The van der Waals surface area contributed by atoms with Gasteiger partial charge >= 0.3 is 0 Å². The highest BCUT2D eigenvalue weighted by Gasteiger charge is 2.07. The van der Waals surface area contributed by atoms with E-state index in [2.05, 4.69) is 31.4 Å². The smallest absolute Gasteiger partial charge is 0.221 e. The summed E-state index contributed by atoms with van der Waals surface area (Å²) >= 11 is 0. The van der Waals surface area contributed by atoms with E-state index in [9.17, 15) is 4.79 Å². The Morgan fingerprint density at radius 2 is 1.93 bits per heavy atom. The number of amides is 1. The second-order valence-electron chi connectivity index (χ2n) is 4.31. The number of carbonyl (C=O) groups is 1. The number of nitrogens with one attached hydrogen (secondary N) is 2. The van der Waals surface area contributed by atoms with Gasteiger partial charge in [0.15, 0.2) is 0 Å². The van der Waals surface area contributed by atoms with Gasteiger partial charge in [-0.15, -0.1) is 0 Å². The van der Waals surface area contributed by atoms with Crippen LogP contribution < -0.4 is 10.6 Å². The van der Waals surface area contributed by atoms with Gasteiger partial charge in [-0.05, 0) is 26.2 Å². The number of carbonyl (C=O) groups excluding carboxylic acids is 1. The number of rotatable bonds is 8. The van der Waals surface area contributed by atoms with Crippen molar-refractivity contribution in [3.8, 4) is 0 Å². The van der Waals surface area contributed by atoms with Gasteiger partial charge in [0.1, 0.15) is 0 Å². The van der Waals surface area contributed by atoms with Crippen LogP contribution in [-0.4, -0.2) is 25.0 Å². The Labute approximate surface area is 94.0 Å². The lowest BCUT2D eigenvalue weighted by Gasteiger charge is -2.17. The monoisotopic (exact) mass is 214 g/mol. The predicted octanol–water partition coefficient (Wildman–Crippen LogP) is 1.93. The van der Waals surface area contributed by atoms with Crippen molar-refractivity contribution in [1.29, 1.82) is 0 Å². The first-order chi connectivity index (χ1) is 7.10. The average molecular weight is 214 g/mol. The fraction of sp³-hybridized carbons (Fsp3) is 0.917. The minimum Gasteiger partial charge on any atom is -0.356 e. The summed E-state index contributed by atoms with van der Waals surface area (Å²) in [4.78, 5) is 11.2. The Bertz CT molecular complexity index is 171. The third-order valence-electron chi connectivity index (χ3n) is 2.67. The van der Waals surface area contributed by atoms with E-state index in [1.165, 1.54) is 12.8 Å². The molecule has 0 aromatic rings. The molecule has 0 bridgehead atoms. The van der Waals surface area contributed by atoms with Gasteiger partial charge in [-0.1, -0.05) is 20.3 Å². The second-order valence-corrected chi connectivity index (χ2v) is 4.31. The quantitative estimate of drug-likeness (QED) is 0.648. The van der Waals surface area contributed by atoms with Gasteiger partial charge in [0.2, 0.25) is 5.91 Å². The van der Waals surface area contributed by atoms with Crippen molar-refractivity contribution < 1.29 is 4.79 Å². The molecule has 0 spiro atoms. The van der Waals surface area contributed by atoms with Gasteiger partial charge in [-0.25, -0.2) is 0 Å². The molecule has 90 valence electrons. The molecule has 2 unspecified atom stereocenters. The maximum Gasteiger partial charge on any atom is 0.221 e. The first kappa shape index (κ1) is 14.4. The third kappa shape index (κ3) is 8.43. The van der Waals surface area contributed by atoms with Crippen LogP contribution in [-0.2, 0) is 4.79 Å². The summed E-state index contributed by atoms with van der Waals surface area (Å²) in [6.45, 7) is 10.1. The molecule has 2 N–H and O–H groups in total. The normalized spacial score (nSPS) is 14.7. The van der Waals surface area contributed by atoms with E-state index in [1.54, 1.807) is 0 Å². The van der Waals surface area contributed by atoms with Crippen molar-refractivity contribution >= 4 is 5.91 Å². The van der Waals surface area contributed by atoms with E-state index in [4.69, 9.17) is 0 Å². The van der Waals surface area contributed by atoms with Crippen molar-refractivity contribution in [2.45, 2.75) is 53.0 Å². The van der Waals surface area contributed by atoms with Crippen LogP contribution in [0.2, 0.25) is 0 Å². The van der Waals surface area contributed by atoms with Crippen LogP contribution in [0.5, 0.6) is 0 Å². The fourth-order valence-electron chi connectivity index (χ4n) is 1.57. The van der Waals surface area contributed by atoms with Gasteiger partial charge in [-0.3, -0.25) is 4.79 Å². The largest absolute Gasteiger partial charge is 0.356 e. The van der Waals surface area contributed by atoms with Crippen LogP contribution in [0.15, 0.2) is 0 Å². The molecule has 15 heavy (non-hydrogen) atoms. The topological polar surface area (TPSA) is 41.1 Å². The number of hydrogen-bond donors (Lipinski definition) is 2. The molecular weight excluding hydrogens is 188 g/mol. The summed E-state index contributed by atoms with van der Waals surface area (Å²) in [7, 11) is 0. The van der Waals surface area contributed by atoms with Crippen LogP contribution >= 0.6 is 0 Å². The van der Waals surface area contributed by atoms with Crippen molar-refractivity contribution in [2.24, 2.45) is 5.92 Å². The van der Waals surface area contributed by atoms with Crippen LogP contribution in [0.3, 0.4) is 0 Å². The highest BCUT2D eigenvalue weighted by Crippen LogP contribution is 2.08. The molecule has 2 atom stereocenters. The molecule has 3 nitrogen and oxygen atoms in total. The predicted molar refractivity (Wildman–Crippen MR) is 64.8 cm³/mol. The summed E-state index contributed by atoms with van der Waals surface area (Å²) in [5.41, 5.74) is 0. The third-order valence-corrected chi connectivity index (χ3v) is 2.67. The van der Waals surface area contributed by atoms with Gasteiger partial charge in [0, 0.05) is 25.6 Å². The molecule has 0 aliphatic carbocycles. The molecule has 0 fully saturated rings. The van der Waals surface area contributed by atoms with Gasteiger partial charge in [0.25, 0.3) is 0 Å².